The van der Waals surface area contributed by atoms with Gasteiger partial charge >= 0.3 is 0 Å². The van der Waals surface area contributed by atoms with Crippen LogP contribution in [-0.2, 0) is 0 Å². The van der Waals surface area contributed by atoms with Crippen molar-refractivity contribution in [1.82, 2.24) is 4.98 Å². The zero-order chi connectivity index (χ0) is 19.0. The number of phenols is 1. The van der Waals surface area contributed by atoms with E-state index in [0.29, 0.717) is 11.5 Å². The minimum Gasteiger partial charge on any atom is -0.506 e. The highest BCUT2D eigenvalue weighted by Gasteiger charge is 2.09. The van der Waals surface area contributed by atoms with E-state index in [1.807, 2.05) is 68.4 Å². The number of rotatable bonds is 3. The van der Waals surface area contributed by atoms with Crippen LogP contribution < -0.4 is 0 Å². The van der Waals surface area contributed by atoms with Gasteiger partial charge in [0.2, 0.25) is 5.89 Å². The van der Waals surface area contributed by atoms with Gasteiger partial charge in [-0.3, -0.25) is 4.99 Å². The fourth-order valence-electron chi connectivity index (χ4n) is 2.88. The molecular weight excluding hydrogens is 451 g/mol. The number of hydrogen-bond acceptors (Lipinski definition) is 4. The van der Waals surface area contributed by atoms with Gasteiger partial charge in [0.25, 0.3) is 0 Å². The van der Waals surface area contributed by atoms with Gasteiger partial charge in [0.05, 0.1) is 9.26 Å². The quantitative estimate of drug-likeness (QED) is 0.289. The summed E-state index contributed by atoms with van der Waals surface area (Å²) in [6.45, 7) is 4.03. The summed E-state index contributed by atoms with van der Waals surface area (Å²) in [5.41, 5.74) is 6.16. The van der Waals surface area contributed by atoms with Crippen molar-refractivity contribution in [3.05, 3.63) is 74.9 Å². The maximum Gasteiger partial charge on any atom is 0.227 e. The monoisotopic (exact) mass is 468 g/mol. The minimum absolute atomic E-state index is 0.246. The molecule has 134 valence electrons. The second kappa shape index (κ2) is 7.15. The summed E-state index contributed by atoms with van der Waals surface area (Å²) in [5.74, 6) is 0.816. The average Bonchev–Trinajstić information content (AvgIpc) is 3.07. The first kappa shape index (κ1) is 17.7. The number of halogens is 1. The van der Waals surface area contributed by atoms with Gasteiger partial charge in [-0.05, 0) is 90.0 Å². The number of aromatic nitrogens is 1. The van der Waals surface area contributed by atoms with Gasteiger partial charge in [-0.15, -0.1) is 0 Å². The normalized spacial score (nSPS) is 11.5. The topological polar surface area (TPSA) is 58.6 Å². The maximum absolute atomic E-state index is 10.2. The molecule has 0 fully saturated rings. The molecule has 3 aromatic carbocycles. The Bertz CT molecular complexity index is 1180. The van der Waals surface area contributed by atoms with E-state index in [-0.39, 0.29) is 5.75 Å². The summed E-state index contributed by atoms with van der Waals surface area (Å²) in [6.07, 6.45) is 1.68. The van der Waals surface area contributed by atoms with E-state index in [4.69, 9.17) is 4.42 Å². The first-order chi connectivity index (χ1) is 13.0. The molecule has 0 saturated carbocycles. The summed E-state index contributed by atoms with van der Waals surface area (Å²) in [4.78, 5) is 9.10. The molecule has 0 atom stereocenters. The van der Waals surface area contributed by atoms with Crippen LogP contribution in [0.2, 0.25) is 0 Å². The number of aromatic hydroxyl groups is 1. The summed E-state index contributed by atoms with van der Waals surface area (Å²) >= 11 is 2.12. The van der Waals surface area contributed by atoms with Crippen LogP contribution in [0.5, 0.6) is 5.75 Å². The molecular formula is C22H17IN2O2. The molecule has 1 heterocycles. The zero-order valence-corrected chi connectivity index (χ0v) is 17.1. The Hall–Kier alpha value is -2.67. The Morgan fingerprint density at radius 1 is 1.04 bits per heavy atom. The predicted octanol–water partition coefficient (Wildman–Crippen LogP) is 6.17. The first-order valence-corrected chi connectivity index (χ1v) is 9.58. The summed E-state index contributed by atoms with van der Waals surface area (Å²) < 4.78 is 6.68. The fourth-order valence-corrected chi connectivity index (χ4v) is 3.69. The van der Waals surface area contributed by atoms with Gasteiger partial charge in [-0.2, -0.15) is 0 Å². The molecule has 0 aliphatic carbocycles. The third-order valence-electron chi connectivity index (χ3n) is 4.23. The van der Waals surface area contributed by atoms with Gasteiger partial charge in [-0.25, -0.2) is 4.98 Å². The lowest BCUT2D eigenvalue weighted by Crippen LogP contribution is -1.87. The lowest BCUT2D eigenvalue weighted by molar-refractivity contribution is 0.470. The number of aliphatic imine (C=N–C) groups is 1. The molecule has 0 aliphatic rings. The molecule has 1 N–H and O–H groups in total. The van der Waals surface area contributed by atoms with E-state index in [2.05, 4.69) is 32.6 Å². The summed E-state index contributed by atoms with van der Waals surface area (Å²) in [5, 5.41) is 10.2. The van der Waals surface area contributed by atoms with Crippen LogP contribution in [0.3, 0.4) is 0 Å². The third-order valence-corrected chi connectivity index (χ3v) is 5.05. The van der Waals surface area contributed by atoms with E-state index < -0.39 is 0 Å². The van der Waals surface area contributed by atoms with Crippen LogP contribution in [-0.4, -0.2) is 16.3 Å². The molecule has 0 saturated heterocycles. The Morgan fingerprint density at radius 2 is 1.89 bits per heavy atom. The molecule has 27 heavy (non-hydrogen) atoms. The highest BCUT2D eigenvalue weighted by molar-refractivity contribution is 14.1. The number of aryl methyl sites for hydroxylation is 2. The molecule has 1 aromatic heterocycles. The zero-order valence-electron chi connectivity index (χ0n) is 14.9. The van der Waals surface area contributed by atoms with E-state index in [1.54, 1.807) is 6.21 Å². The van der Waals surface area contributed by atoms with Crippen LogP contribution in [0.25, 0.3) is 22.6 Å². The average molecular weight is 468 g/mol. The van der Waals surface area contributed by atoms with Crippen LogP contribution in [0.1, 0.15) is 16.7 Å². The van der Waals surface area contributed by atoms with Crippen molar-refractivity contribution in [3.63, 3.8) is 0 Å². The van der Waals surface area contributed by atoms with Gasteiger partial charge in [0.1, 0.15) is 11.3 Å². The minimum atomic E-state index is 0.246. The van der Waals surface area contributed by atoms with Crippen LogP contribution in [0.15, 0.2) is 64.0 Å². The fraction of sp³-hybridized carbons (Fsp3) is 0.0909. The SMILES string of the molecule is Cc1cc(I)c(O)c(C=Nc2cccc(-c3nc4cc(C)ccc4o3)c2)c1. The van der Waals surface area contributed by atoms with E-state index >= 15 is 0 Å². The smallest absolute Gasteiger partial charge is 0.227 e. The Balaban J connectivity index is 1.68. The van der Waals surface area contributed by atoms with Crippen molar-refractivity contribution >= 4 is 45.6 Å². The molecule has 4 rings (SSSR count). The number of nitrogens with zero attached hydrogens (tertiary/aromatic N) is 2. The standard InChI is InChI=1S/C22H17IN2O2/c1-13-6-7-20-19(10-13)25-22(27-20)15-4-3-5-17(11-15)24-12-16-8-14(2)9-18(23)21(16)26/h3-12,26H,1-2H3. The molecule has 0 unspecified atom stereocenters. The largest absolute Gasteiger partial charge is 0.506 e. The third kappa shape index (κ3) is 3.73. The lowest BCUT2D eigenvalue weighted by atomic mass is 10.1. The number of hydrogen-bond donors (Lipinski definition) is 1. The molecule has 0 radical (unpaired) electrons. The molecule has 0 spiro atoms. The molecule has 0 bridgehead atoms. The van der Waals surface area contributed by atoms with E-state index in [9.17, 15) is 5.11 Å². The maximum atomic E-state index is 10.2. The second-order valence-electron chi connectivity index (χ2n) is 6.48. The van der Waals surface area contributed by atoms with E-state index in [0.717, 1.165) is 37.0 Å². The van der Waals surface area contributed by atoms with Gasteiger partial charge in [-0.1, -0.05) is 12.1 Å². The highest BCUT2D eigenvalue weighted by Crippen LogP contribution is 2.28. The highest BCUT2D eigenvalue weighted by atomic mass is 127. The van der Waals surface area contributed by atoms with Crippen molar-refractivity contribution < 1.29 is 9.52 Å². The Kier molecular flexibility index (Phi) is 4.70. The summed E-state index contributed by atoms with van der Waals surface area (Å²) in [6, 6.07) is 17.5. The molecule has 4 nitrogen and oxygen atoms in total. The van der Waals surface area contributed by atoms with Gasteiger partial charge in [0.15, 0.2) is 5.58 Å². The molecule has 0 amide bonds. The second-order valence-corrected chi connectivity index (χ2v) is 7.65. The number of oxazole rings is 1. The van der Waals surface area contributed by atoms with Gasteiger partial charge < -0.3 is 9.52 Å². The Labute approximate surface area is 170 Å². The molecule has 0 aliphatic heterocycles. The lowest BCUT2D eigenvalue weighted by Gasteiger charge is -2.04. The van der Waals surface area contributed by atoms with Crippen molar-refractivity contribution in [2.75, 3.05) is 0 Å². The van der Waals surface area contributed by atoms with Gasteiger partial charge in [0, 0.05) is 17.3 Å². The number of phenolic OH excluding ortho intramolecular Hbond substituents is 1. The molecule has 4 aromatic rings. The van der Waals surface area contributed by atoms with Crippen molar-refractivity contribution in [3.8, 4) is 17.2 Å². The van der Waals surface area contributed by atoms with Crippen LogP contribution in [0.4, 0.5) is 5.69 Å². The number of benzene rings is 3. The van der Waals surface area contributed by atoms with Crippen molar-refractivity contribution in [1.29, 1.82) is 0 Å². The van der Waals surface area contributed by atoms with Crippen LogP contribution >= 0.6 is 22.6 Å². The molecule has 5 heteroatoms. The Morgan fingerprint density at radius 3 is 2.74 bits per heavy atom. The summed E-state index contributed by atoms with van der Waals surface area (Å²) in [7, 11) is 0. The van der Waals surface area contributed by atoms with Crippen molar-refractivity contribution in [2.45, 2.75) is 13.8 Å². The first-order valence-electron chi connectivity index (χ1n) is 8.50. The predicted molar refractivity (Wildman–Crippen MR) is 117 cm³/mol. The van der Waals surface area contributed by atoms with E-state index in [1.165, 1.54) is 0 Å². The van der Waals surface area contributed by atoms with Crippen molar-refractivity contribution in [2.24, 2.45) is 4.99 Å². The van der Waals surface area contributed by atoms with Crippen LogP contribution in [0, 0.1) is 17.4 Å². The number of fused-ring (bicyclic) bond motifs is 1.